The van der Waals surface area contributed by atoms with Crippen molar-refractivity contribution in [1.82, 2.24) is 4.98 Å². The summed E-state index contributed by atoms with van der Waals surface area (Å²) >= 11 is 0. The van der Waals surface area contributed by atoms with Gasteiger partial charge in [0.05, 0.1) is 12.7 Å². The van der Waals surface area contributed by atoms with Crippen LogP contribution < -0.4 is 10.1 Å². The van der Waals surface area contributed by atoms with Gasteiger partial charge in [0, 0.05) is 11.8 Å². The van der Waals surface area contributed by atoms with Crippen LogP contribution in [0.4, 0.5) is 5.82 Å². The molecule has 23 heavy (non-hydrogen) atoms. The quantitative estimate of drug-likeness (QED) is 0.653. The summed E-state index contributed by atoms with van der Waals surface area (Å²) in [4.78, 5) is 28.4. The number of hydrogen-bond donors (Lipinski definition) is 1. The van der Waals surface area contributed by atoms with Gasteiger partial charge in [-0.15, -0.1) is 0 Å². The van der Waals surface area contributed by atoms with E-state index in [1.807, 2.05) is 6.92 Å². The second-order valence-corrected chi connectivity index (χ2v) is 4.59. The summed E-state index contributed by atoms with van der Waals surface area (Å²) in [5.74, 6) is -1.79. The number of amides is 1. The zero-order valence-corrected chi connectivity index (χ0v) is 12.5. The summed E-state index contributed by atoms with van der Waals surface area (Å²) in [5.41, 5.74) is 0.274. The number of ether oxygens (including phenoxy) is 1. The van der Waals surface area contributed by atoms with Crippen LogP contribution in [0, 0.1) is 17.2 Å². The molecule has 0 aliphatic carbocycles. The van der Waals surface area contributed by atoms with Crippen LogP contribution in [-0.2, 0) is 4.79 Å². The number of nitriles is 1. The van der Waals surface area contributed by atoms with E-state index in [1.54, 1.807) is 36.4 Å². The van der Waals surface area contributed by atoms with Gasteiger partial charge in [0.25, 0.3) is 5.91 Å². The van der Waals surface area contributed by atoms with E-state index in [0.717, 1.165) is 0 Å². The summed E-state index contributed by atoms with van der Waals surface area (Å²) < 4.78 is 5.29. The van der Waals surface area contributed by atoms with Gasteiger partial charge < -0.3 is 10.1 Å². The minimum absolute atomic E-state index is 0.274. The van der Waals surface area contributed by atoms with Crippen LogP contribution in [0.2, 0.25) is 0 Å². The molecule has 0 fully saturated rings. The van der Waals surface area contributed by atoms with Crippen molar-refractivity contribution in [1.29, 1.82) is 5.26 Å². The minimum atomic E-state index is -1.44. The van der Waals surface area contributed by atoms with Crippen molar-refractivity contribution in [3.63, 3.8) is 0 Å². The SMILES string of the molecule is CCOc1ccc(C(=O)C(C#N)C(=O)Nc2ccccn2)cc1. The Morgan fingerprint density at radius 1 is 1.26 bits per heavy atom. The van der Waals surface area contributed by atoms with Gasteiger partial charge in [0.1, 0.15) is 11.6 Å². The number of carbonyl (C=O) groups excluding carboxylic acids is 2. The number of hydrogen-bond acceptors (Lipinski definition) is 5. The summed E-state index contributed by atoms with van der Waals surface area (Å²) in [7, 11) is 0. The monoisotopic (exact) mass is 309 g/mol. The molecule has 2 aromatic rings. The van der Waals surface area contributed by atoms with E-state index in [-0.39, 0.29) is 11.4 Å². The van der Waals surface area contributed by atoms with Crippen molar-refractivity contribution in [2.24, 2.45) is 5.92 Å². The Morgan fingerprint density at radius 2 is 2.00 bits per heavy atom. The molecule has 0 spiro atoms. The highest BCUT2D eigenvalue weighted by Crippen LogP contribution is 2.16. The van der Waals surface area contributed by atoms with Crippen molar-refractivity contribution >= 4 is 17.5 Å². The zero-order valence-electron chi connectivity index (χ0n) is 12.5. The van der Waals surface area contributed by atoms with Crippen molar-refractivity contribution in [2.45, 2.75) is 6.92 Å². The predicted octanol–water partition coefficient (Wildman–Crippen LogP) is 2.44. The number of nitrogens with zero attached hydrogens (tertiary/aromatic N) is 2. The first-order valence-electron chi connectivity index (χ1n) is 7.04. The first-order valence-corrected chi connectivity index (χ1v) is 7.04. The lowest BCUT2D eigenvalue weighted by Crippen LogP contribution is -2.29. The fourth-order valence-corrected chi connectivity index (χ4v) is 1.92. The van der Waals surface area contributed by atoms with Crippen LogP contribution in [0.15, 0.2) is 48.7 Å². The Labute approximate surface area is 133 Å². The number of anilines is 1. The van der Waals surface area contributed by atoms with E-state index in [1.165, 1.54) is 18.3 Å². The average Bonchev–Trinajstić information content (AvgIpc) is 2.57. The molecule has 116 valence electrons. The number of ketones is 1. The smallest absolute Gasteiger partial charge is 0.250 e. The molecule has 0 aliphatic heterocycles. The molecular weight excluding hydrogens is 294 g/mol. The fourth-order valence-electron chi connectivity index (χ4n) is 1.92. The molecule has 0 radical (unpaired) electrons. The number of nitrogens with one attached hydrogen (secondary N) is 1. The van der Waals surface area contributed by atoms with E-state index in [0.29, 0.717) is 12.4 Å². The highest BCUT2D eigenvalue weighted by molar-refractivity contribution is 6.15. The highest BCUT2D eigenvalue weighted by atomic mass is 16.5. The topological polar surface area (TPSA) is 92.1 Å². The second-order valence-electron chi connectivity index (χ2n) is 4.59. The number of Topliss-reactive ketones (excluding diaryl/α,β-unsaturated/α-hetero) is 1. The Morgan fingerprint density at radius 3 is 2.57 bits per heavy atom. The summed E-state index contributed by atoms with van der Waals surface area (Å²) in [6.45, 7) is 2.37. The van der Waals surface area contributed by atoms with Crippen LogP contribution in [-0.4, -0.2) is 23.3 Å². The number of benzene rings is 1. The molecule has 1 amide bonds. The molecule has 6 heteroatoms. The van der Waals surface area contributed by atoms with Gasteiger partial charge in [-0.2, -0.15) is 5.26 Å². The molecule has 0 aliphatic rings. The molecule has 1 atom stereocenters. The first-order chi connectivity index (χ1) is 11.2. The van der Waals surface area contributed by atoms with E-state index < -0.39 is 17.6 Å². The number of rotatable bonds is 6. The molecular formula is C17H15N3O3. The maximum Gasteiger partial charge on any atom is 0.250 e. The molecule has 0 bridgehead atoms. The standard InChI is InChI=1S/C17H15N3O3/c1-2-23-13-8-6-12(7-9-13)16(21)14(11-18)17(22)20-15-5-3-4-10-19-15/h3-10,14H,2H2,1H3,(H,19,20,22). The van der Waals surface area contributed by atoms with Crippen molar-refractivity contribution < 1.29 is 14.3 Å². The van der Waals surface area contributed by atoms with Crippen LogP contribution in [0.3, 0.4) is 0 Å². The summed E-state index contributed by atoms with van der Waals surface area (Å²) in [6.07, 6.45) is 1.51. The maximum atomic E-state index is 12.3. The normalized spacial score (nSPS) is 11.1. The fraction of sp³-hybridized carbons (Fsp3) is 0.176. The molecule has 0 saturated carbocycles. The molecule has 1 aromatic carbocycles. The number of pyridine rings is 1. The third kappa shape index (κ3) is 4.14. The lowest BCUT2D eigenvalue weighted by atomic mass is 9.98. The van der Waals surface area contributed by atoms with Gasteiger partial charge >= 0.3 is 0 Å². The molecule has 6 nitrogen and oxygen atoms in total. The van der Waals surface area contributed by atoms with Gasteiger partial charge in [-0.25, -0.2) is 4.98 Å². The molecule has 0 saturated heterocycles. The van der Waals surface area contributed by atoms with E-state index in [2.05, 4.69) is 10.3 Å². The molecule has 2 rings (SSSR count). The highest BCUT2D eigenvalue weighted by Gasteiger charge is 2.27. The van der Waals surface area contributed by atoms with Crippen LogP contribution in [0.25, 0.3) is 0 Å². The van der Waals surface area contributed by atoms with Gasteiger partial charge in [-0.3, -0.25) is 9.59 Å². The largest absolute Gasteiger partial charge is 0.494 e. The Hall–Kier alpha value is -3.20. The predicted molar refractivity (Wildman–Crippen MR) is 83.9 cm³/mol. The first kappa shape index (κ1) is 16.2. The van der Waals surface area contributed by atoms with Crippen molar-refractivity contribution in [3.05, 3.63) is 54.2 Å². The van der Waals surface area contributed by atoms with Crippen LogP contribution in [0.1, 0.15) is 17.3 Å². The number of aromatic nitrogens is 1. The molecule has 1 N–H and O–H groups in total. The van der Waals surface area contributed by atoms with E-state index >= 15 is 0 Å². The zero-order chi connectivity index (χ0) is 16.7. The lowest BCUT2D eigenvalue weighted by Gasteiger charge is -2.09. The van der Waals surface area contributed by atoms with Gasteiger partial charge in [-0.05, 0) is 43.3 Å². The molecule has 1 unspecified atom stereocenters. The lowest BCUT2D eigenvalue weighted by molar-refractivity contribution is -0.117. The Bertz CT molecular complexity index is 721. The van der Waals surface area contributed by atoms with Gasteiger partial charge in [0.15, 0.2) is 11.7 Å². The van der Waals surface area contributed by atoms with E-state index in [9.17, 15) is 9.59 Å². The summed E-state index contributed by atoms with van der Waals surface area (Å²) in [6, 6.07) is 13.0. The molecule has 1 heterocycles. The maximum absolute atomic E-state index is 12.3. The number of carbonyl (C=O) groups is 2. The Balaban J connectivity index is 2.11. The third-order valence-electron chi connectivity index (χ3n) is 3.02. The molecule has 1 aromatic heterocycles. The van der Waals surface area contributed by atoms with Crippen molar-refractivity contribution in [3.8, 4) is 11.8 Å². The van der Waals surface area contributed by atoms with Gasteiger partial charge in [-0.1, -0.05) is 6.07 Å². The Kier molecular flexibility index (Phi) is 5.42. The average molecular weight is 309 g/mol. The second kappa shape index (κ2) is 7.71. The van der Waals surface area contributed by atoms with Crippen molar-refractivity contribution in [2.75, 3.05) is 11.9 Å². The minimum Gasteiger partial charge on any atom is -0.494 e. The summed E-state index contributed by atoms with van der Waals surface area (Å²) in [5, 5.41) is 11.6. The van der Waals surface area contributed by atoms with Gasteiger partial charge in [0.2, 0.25) is 0 Å². The van der Waals surface area contributed by atoms with Crippen LogP contribution >= 0.6 is 0 Å². The van der Waals surface area contributed by atoms with Crippen LogP contribution in [0.5, 0.6) is 5.75 Å². The van der Waals surface area contributed by atoms with E-state index in [4.69, 9.17) is 10.00 Å². The third-order valence-corrected chi connectivity index (χ3v) is 3.02.